The lowest BCUT2D eigenvalue weighted by molar-refractivity contribution is 0.249. The molecule has 1 aliphatic carbocycles. The monoisotopic (exact) mass is 302 g/mol. The lowest BCUT2D eigenvalue weighted by Crippen LogP contribution is -2.10. The lowest BCUT2D eigenvalue weighted by atomic mass is 10.1. The highest BCUT2D eigenvalue weighted by Gasteiger charge is 2.18. The molecule has 1 saturated carbocycles. The van der Waals surface area contributed by atoms with Crippen molar-refractivity contribution in [2.24, 2.45) is 5.92 Å². The summed E-state index contributed by atoms with van der Waals surface area (Å²) in [6, 6.07) is 3.14. The van der Waals surface area contributed by atoms with E-state index in [4.69, 9.17) is 15.4 Å². The summed E-state index contributed by atoms with van der Waals surface area (Å²) >= 11 is 0. The molecule has 106 valence electrons. The normalized spacial score (nSPS) is 16.8. The molecule has 1 fully saturated rings. The fourth-order valence-corrected chi connectivity index (χ4v) is 3.56. The molecule has 0 aliphatic heterocycles. The summed E-state index contributed by atoms with van der Waals surface area (Å²) in [5, 5.41) is 0. The highest BCUT2D eigenvalue weighted by atomic mass is 35.7. The summed E-state index contributed by atoms with van der Waals surface area (Å²) in [7, 11) is 1.69. The zero-order chi connectivity index (χ0) is 14.0. The first-order valence-corrected chi connectivity index (χ1v) is 8.87. The maximum absolute atomic E-state index is 11.3. The standard InChI is InChI=1S/C14H19ClO3S/c1-10-7-13(19(15,16)17)8-11(2)14(10)18-9-12-5-3-4-6-12/h7-8,12H,3-6,9H2,1-2H3. The molecule has 0 unspecified atom stereocenters. The van der Waals surface area contributed by atoms with Gasteiger partial charge in [-0.1, -0.05) is 12.8 Å². The highest BCUT2D eigenvalue weighted by Crippen LogP contribution is 2.31. The van der Waals surface area contributed by atoms with Crippen LogP contribution in [-0.4, -0.2) is 15.0 Å². The van der Waals surface area contributed by atoms with Gasteiger partial charge in [0.05, 0.1) is 11.5 Å². The Hall–Kier alpha value is -0.740. The predicted octanol–water partition coefficient (Wildman–Crippen LogP) is 3.80. The number of hydrogen-bond acceptors (Lipinski definition) is 3. The van der Waals surface area contributed by atoms with E-state index < -0.39 is 9.05 Å². The molecule has 0 heterocycles. The maximum Gasteiger partial charge on any atom is 0.261 e. The van der Waals surface area contributed by atoms with Crippen LogP contribution in [0.5, 0.6) is 5.75 Å². The Labute approximate surface area is 119 Å². The Morgan fingerprint density at radius 3 is 2.21 bits per heavy atom. The number of halogens is 1. The second kappa shape index (κ2) is 5.71. The molecule has 0 spiro atoms. The summed E-state index contributed by atoms with van der Waals surface area (Å²) in [5.41, 5.74) is 1.63. The van der Waals surface area contributed by atoms with Crippen molar-refractivity contribution in [1.82, 2.24) is 0 Å². The van der Waals surface area contributed by atoms with Gasteiger partial charge in [0.15, 0.2) is 0 Å². The van der Waals surface area contributed by atoms with E-state index in [0.717, 1.165) is 16.9 Å². The van der Waals surface area contributed by atoms with Gasteiger partial charge in [0.1, 0.15) is 5.75 Å². The largest absolute Gasteiger partial charge is 0.493 e. The molecule has 0 bridgehead atoms. The van der Waals surface area contributed by atoms with E-state index in [-0.39, 0.29) is 4.90 Å². The van der Waals surface area contributed by atoms with Crippen molar-refractivity contribution in [3.8, 4) is 5.75 Å². The average molecular weight is 303 g/mol. The van der Waals surface area contributed by atoms with Gasteiger partial charge in [-0.2, -0.15) is 0 Å². The van der Waals surface area contributed by atoms with E-state index in [1.807, 2.05) is 13.8 Å². The summed E-state index contributed by atoms with van der Waals surface area (Å²) in [6.07, 6.45) is 5.03. The minimum Gasteiger partial charge on any atom is -0.493 e. The Morgan fingerprint density at radius 1 is 1.21 bits per heavy atom. The third-order valence-corrected chi connectivity index (χ3v) is 4.99. The Bertz CT molecular complexity index is 537. The molecule has 2 rings (SSSR count). The zero-order valence-corrected chi connectivity index (χ0v) is 12.9. The maximum atomic E-state index is 11.3. The summed E-state index contributed by atoms with van der Waals surface area (Å²) in [4.78, 5) is 0.136. The van der Waals surface area contributed by atoms with Gasteiger partial charge >= 0.3 is 0 Å². The third kappa shape index (κ3) is 3.63. The van der Waals surface area contributed by atoms with E-state index in [1.165, 1.54) is 25.7 Å². The fourth-order valence-electron chi connectivity index (χ4n) is 2.66. The van der Waals surface area contributed by atoms with Gasteiger partial charge in [-0.3, -0.25) is 0 Å². The summed E-state index contributed by atoms with van der Waals surface area (Å²) in [5.74, 6) is 1.42. The Balaban J connectivity index is 2.17. The molecular weight excluding hydrogens is 284 g/mol. The second-order valence-corrected chi connectivity index (χ2v) is 7.85. The molecule has 0 N–H and O–H groups in total. The first-order valence-electron chi connectivity index (χ1n) is 6.56. The number of hydrogen-bond donors (Lipinski definition) is 0. The van der Waals surface area contributed by atoms with E-state index in [1.54, 1.807) is 12.1 Å². The first-order chi connectivity index (χ1) is 8.88. The molecule has 19 heavy (non-hydrogen) atoms. The minimum atomic E-state index is -3.68. The van der Waals surface area contributed by atoms with Gasteiger partial charge in [-0.25, -0.2) is 8.42 Å². The van der Waals surface area contributed by atoms with Gasteiger partial charge in [-0.15, -0.1) is 0 Å². The van der Waals surface area contributed by atoms with Gasteiger partial charge in [0.2, 0.25) is 0 Å². The topological polar surface area (TPSA) is 43.4 Å². The predicted molar refractivity (Wildman–Crippen MR) is 76.4 cm³/mol. The second-order valence-electron chi connectivity index (χ2n) is 5.29. The van der Waals surface area contributed by atoms with Crippen molar-refractivity contribution in [1.29, 1.82) is 0 Å². The SMILES string of the molecule is Cc1cc(S(=O)(=O)Cl)cc(C)c1OCC1CCCC1. The third-order valence-electron chi connectivity index (χ3n) is 3.65. The molecule has 0 radical (unpaired) electrons. The van der Waals surface area contributed by atoms with Crippen molar-refractivity contribution < 1.29 is 13.2 Å². The van der Waals surface area contributed by atoms with Crippen molar-refractivity contribution in [2.75, 3.05) is 6.61 Å². The quantitative estimate of drug-likeness (QED) is 0.795. The Morgan fingerprint density at radius 2 is 1.74 bits per heavy atom. The van der Waals surface area contributed by atoms with Crippen LogP contribution in [0.15, 0.2) is 17.0 Å². The van der Waals surface area contributed by atoms with Crippen LogP contribution in [-0.2, 0) is 9.05 Å². The van der Waals surface area contributed by atoms with Crippen LogP contribution in [0, 0.1) is 19.8 Å². The fraction of sp³-hybridized carbons (Fsp3) is 0.571. The molecule has 1 aliphatic rings. The van der Waals surface area contributed by atoms with Crippen molar-refractivity contribution in [2.45, 2.75) is 44.4 Å². The van der Waals surface area contributed by atoms with Crippen molar-refractivity contribution in [3.05, 3.63) is 23.3 Å². The van der Waals surface area contributed by atoms with Crippen LogP contribution in [0.25, 0.3) is 0 Å². The van der Waals surface area contributed by atoms with E-state index in [2.05, 4.69) is 0 Å². The number of benzene rings is 1. The summed E-state index contributed by atoms with van der Waals surface area (Å²) in [6.45, 7) is 4.42. The Kier molecular flexibility index (Phi) is 4.41. The molecule has 1 aromatic carbocycles. The van der Waals surface area contributed by atoms with Crippen LogP contribution in [0.1, 0.15) is 36.8 Å². The minimum absolute atomic E-state index is 0.136. The van der Waals surface area contributed by atoms with Gasteiger partial charge in [0, 0.05) is 10.7 Å². The van der Waals surface area contributed by atoms with E-state index in [0.29, 0.717) is 12.5 Å². The smallest absolute Gasteiger partial charge is 0.261 e. The first kappa shape index (κ1) is 14.7. The lowest BCUT2D eigenvalue weighted by Gasteiger charge is -2.16. The molecule has 0 saturated heterocycles. The molecular formula is C14H19ClO3S. The number of aryl methyl sites for hydroxylation is 2. The molecule has 5 heteroatoms. The van der Waals surface area contributed by atoms with Crippen molar-refractivity contribution in [3.63, 3.8) is 0 Å². The number of ether oxygens (including phenoxy) is 1. The van der Waals surface area contributed by atoms with Crippen molar-refractivity contribution >= 4 is 19.7 Å². The molecule has 0 aromatic heterocycles. The van der Waals surface area contributed by atoms with Crippen LogP contribution in [0.2, 0.25) is 0 Å². The van der Waals surface area contributed by atoms with Gasteiger partial charge in [0.25, 0.3) is 9.05 Å². The zero-order valence-electron chi connectivity index (χ0n) is 11.3. The molecule has 0 atom stereocenters. The van der Waals surface area contributed by atoms with Gasteiger partial charge in [-0.05, 0) is 55.9 Å². The molecule has 3 nitrogen and oxygen atoms in total. The number of rotatable bonds is 4. The van der Waals surface area contributed by atoms with Crippen LogP contribution >= 0.6 is 10.7 Å². The summed E-state index contributed by atoms with van der Waals surface area (Å²) < 4.78 is 28.6. The highest BCUT2D eigenvalue weighted by molar-refractivity contribution is 8.13. The van der Waals surface area contributed by atoms with Crippen LogP contribution in [0.3, 0.4) is 0 Å². The van der Waals surface area contributed by atoms with Gasteiger partial charge < -0.3 is 4.74 Å². The molecule has 0 amide bonds. The molecule has 1 aromatic rings. The van der Waals surface area contributed by atoms with Crippen LogP contribution in [0.4, 0.5) is 0 Å². The van der Waals surface area contributed by atoms with Crippen LogP contribution < -0.4 is 4.74 Å². The van der Waals surface area contributed by atoms with E-state index in [9.17, 15) is 8.42 Å². The van der Waals surface area contributed by atoms with E-state index >= 15 is 0 Å². The average Bonchev–Trinajstić information content (AvgIpc) is 2.79.